The molecule has 0 radical (unpaired) electrons. The van der Waals surface area contributed by atoms with Gasteiger partial charge in [-0.2, -0.15) is 0 Å². The molecule has 4 unspecified atom stereocenters. The van der Waals surface area contributed by atoms with E-state index in [-0.39, 0.29) is 11.8 Å². The van der Waals surface area contributed by atoms with Gasteiger partial charge in [0.2, 0.25) is 5.91 Å². The van der Waals surface area contributed by atoms with E-state index in [4.69, 9.17) is 5.73 Å². The van der Waals surface area contributed by atoms with Gasteiger partial charge in [-0.15, -0.1) is 0 Å². The van der Waals surface area contributed by atoms with E-state index in [0.717, 1.165) is 22.0 Å². The first-order chi connectivity index (χ1) is 9.15. The molecule has 4 atom stereocenters. The highest BCUT2D eigenvalue weighted by atomic mass is 79.9. The normalized spacial score (nSPS) is 38.1. The van der Waals surface area contributed by atoms with Gasteiger partial charge < -0.3 is 11.1 Å². The molecule has 100 valence electrons. The summed E-state index contributed by atoms with van der Waals surface area (Å²) in [5.41, 5.74) is 7.24. The number of hydrogen-bond acceptors (Lipinski definition) is 2. The summed E-state index contributed by atoms with van der Waals surface area (Å²) in [5, 5.41) is 3.06. The van der Waals surface area contributed by atoms with E-state index in [9.17, 15) is 4.79 Å². The van der Waals surface area contributed by atoms with Crippen molar-refractivity contribution in [1.29, 1.82) is 0 Å². The standard InChI is InChI=1S/C15H17BrN2O/c16-10-6-9(17)3-4-11(10)18-15(19)14-12-7-1-2-8(5-7)13(12)14/h3-4,6-8,12-14H,1-2,5,17H2,(H,18,19). The smallest absolute Gasteiger partial charge is 0.228 e. The van der Waals surface area contributed by atoms with Crippen molar-refractivity contribution in [3.63, 3.8) is 0 Å². The Morgan fingerprint density at radius 1 is 1.26 bits per heavy atom. The van der Waals surface area contributed by atoms with Gasteiger partial charge in [-0.3, -0.25) is 4.79 Å². The van der Waals surface area contributed by atoms with Crippen LogP contribution in [0, 0.1) is 29.6 Å². The van der Waals surface area contributed by atoms with Gasteiger partial charge in [0.05, 0.1) is 5.69 Å². The van der Waals surface area contributed by atoms with Crippen LogP contribution in [-0.4, -0.2) is 5.91 Å². The third-order valence-electron chi connectivity index (χ3n) is 5.29. The number of hydrogen-bond donors (Lipinski definition) is 2. The second kappa shape index (κ2) is 3.98. The lowest BCUT2D eigenvalue weighted by molar-refractivity contribution is -0.118. The Bertz CT molecular complexity index is 543. The summed E-state index contributed by atoms with van der Waals surface area (Å²) in [4.78, 5) is 12.4. The number of nitrogen functional groups attached to an aromatic ring is 1. The molecule has 1 amide bonds. The van der Waals surface area contributed by atoms with Gasteiger partial charge in [-0.25, -0.2) is 0 Å². The van der Waals surface area contributed by atoms with Gasteiger partial charge >= 0.3 is 0 Å². The van der Waals surface area contributed by atoms with Gasteiger partial charge in [-0.05, 0) is 77.1 Å². The molecule has 0 spiro atoms. The van der Waals surface area contributed by atoms with Gasteiger partial charge in [0.15, 0.2) is 0 Å². The van der Waals surface area contributed by atoms with Gasteiger partial charge in [0.1, 0.15) is 0 Å². The fourth-order valence-electron chi connectivity index (χ4n) is 4.52. The molecule has 4 heteroatoms. The van der Waals surface area contributed by atoms with E-state index >= 15 is 0 Å². The van der Waals surface area contributed by atoms with E-state index in [2.05, 4.69) is 21.2 Å². The largest absolute Gasteiger partial charge is 0.399 e. The zero-order chi connectivity index (χ0) is 13.1. The van der Waals surface area contributed by atoms with Crippen LogP contribution < -0.4 is 11.1 Å². The molecule has 1 aromatic carbocycles. The Hall–Kier alpha value is -1.03. The van der Waals surface area contributed by atoms with Crippen molar-refractivity contribution in [2.24, 2.45) is 29.6 Å². The number of amides is 1. The molecule has 1 aromatic rings. The van der Waals surface area contributed by atoms with Crippen molar-refractivity contribution < 1.29 is 4.79 Å². The van der Waals surface area contributed by atoms with Crippen molar-refractivity contribution in [2.45, 2.75) is 19.3 Å². The molecule has 3 N–H and O–H groups in total. The third-order valence-corrected chi connectivity index (χ3v) is 5.95. The number of fused-ring (bicyclic) bond motifs is 5. The van der Waals surface area contributed by atoms with E-state index in [1.165, 1.54) is 19.3 Å². The summed E-state index contributed by atoms with van der Waals surface area (Å²) in [6.45, 7) is 0. The summed E-state index contributed by atoms with van der Waals surface area (Å²) >= 11 is 3.45. The van der Waals surface area contributed by atoms with Gasteiger partial charge in [0, 0.05) is 16.1 Å². The maximum atomic E-state index is 12.4. The van der Waals surface area contributed by atoms with Crippen LogP contribution in [-0.2, 0) is 4.79 Å². The SMILES string of the molecule is Nc1ccc(NC(=O)C2C3C4CCC(C4)C23)c(Br)c1. The minimum Gasteiger partial charge on any atom is -0.399 e. The average molecular weight is 321 g/mol. The molecule has 4 rings (SSSR count). The van der Waals surface area contributed by atoms with Crippen molar-refractivity contribution in [3.05, 3.63) is 22.7 Å². The van der Waals surface area contributed by atoms with Crippen LogP contribution in [0.4, 0.5) is 11.4 Å². The molecular formula is C15H17BrN2O. The molecule has 2 bridgehead atoms. The number of rotatable bonds is 2. The van der Waals surface area contributed by atoms with Crippen LogP contribution in [0.2, 0.25) is 0 Å². The Morgan fingerprint density at radius 3 is 2.58 bits per heavy atom. The summed E-state index contributed by atoms with van der Waals surface area (Å²) < 4.78 is 0.856. The molecule has 3 nitrogen and oxygen atoms in total. The molecule has 3 aliphatic rings. The van der Waals surface area contributed by atoms with Crippen LogP contribution in [0.15, 0.2) is 22.7 Å². The molecule has 19 heavy (non-hydrogen) atoms. The Kier molecular flexibility index (Phi) is 2.47. The highest BCUT2D eigenvalue weighted by Crippen LogP contribution is 2.69. The predicted molar refractivity (Wildman–Crippen MR) is 78.5 cm³/mol. The molecule has 3 saturated carbocycles. The minimum absolute atomic E-state index is 0.206. The third kappa shape index (κ3) is 1.72. The zero-order valence-electron chi connectivity index (χ0n) is 10.6. The van der Waals surface area contributed by atoms with E-state index in [1.54, 1.807) is 0 Å². The van der Waals surface area contributed by atoms with Crippen LogP contribution in [0.25, 0.3) is 0 Å². The monoisotopic (exact) mass is 320 g/mol. The number of anilines is 2. The van der Waals surface area contributed by atoms with E-state index in [0.29, 0.717) is 17.5 Å². The lowest BCUT2D eigenvalue weighted by atomic mass is 10.0. The highest BCUT2D eigenvalue weighted by Gasteiger charge is 2.67. The maximum absolute atomic E-state index is 12.4. The molecule has 0 aromatic heterocycles. The maximum Gasteiger partial charge on any atom is 0.228 e. The van der Waals surface area contributed by atoms with Crippen molar-refractivity contribution in [3.8, 4) is 0 Å². The first kappa shape index (κ1) is 11.8. The number of nitrogens with two attached hydrogens (primary N) is 1. The van der Waals surface area contributed by atoms with Crippen LogP contribution in [0.5, 0.6) is 0 Å². The quantitative estimate of drug-likeness (QED) is 0.822. The lowest BCUT2D eigenvalue weighted by Gasteiger charge is -2.11. The summed E-state index contributed by atoms with van der Waals surface area (Å²) in [5.74, 6) is 3.52. The Morgan fingerprint density at radius 2 is 1.95 bits per heavy atom. The molecule has 0 saturated heterocycles. The number of benzene rings is 1. The first-order valence-electron chi connectivity index (χ1n) is 7.01. The van der Waals surface area contributed by atoms with Crippen LogP contribution in [0.1, 0.15) is 19.3 Å². The second-order valence-corrected chi connectivity index (χ2v) is 7.10. The van der Waals surface area contributed by atoms with E-state index < -0.39 is 0 Å². The topological polar surface area (TPSA) is 55.1 Å². The van der Waals surface area contributed by atoms with Crippen molar-refractivity contribution in [2.75, 3.05) is 11.1 Å². The van der Waals surface area contributed by atoms with Crippen LogP contribution in [0.3, 0.4) is 0 Å². The average Bonchev–Trinajstić information content (AvgIpc) is 2.82. The summed E-state index contributed by atoms with van der Waals surface area (Å²) in [6, 6.07) is 5.51. The van der Waals surface area contributed by atoms with Gasteiger partial charge in [-0.1, -0.05) is 0 Å². The van der Waals surface area contributed by atoms with Crippen LogP contribution >= 0.6 is 15.9 Å². The molecule has 0 aliphatic heterocycles. The highest BCUT2D eigenvalue weighted by molar-refractivity contribution is 9.10. The lowest BCUT2D eigenvalue weighted by Crippen LogP contribution is -2.18. The van der Waals surface area contributed by atoms with Crippen molar-refractivity contribution >= 4 is 33.2 Å². The number of carbonyl (C=O) groups is 1. The fourth-order valence-corrected chi connectivity index (χ4v) is 5.02. The number of nitrogens with one attached hydrogen (secondary N) is 1. The molecular weight excluding hydrogens is 304 g/mol. The second-order valence-electron chi connectivity index (χ2n) is 6.24. The Labute approximate surface area is 121 Å². The summed E-state index contributed by atoms with van der Waals surface area (Å²) in [6.07, 6.45) is 4.08. The van der Waals surface area contributed by atoms with Gasteiger partial charge in [0.25, 0.3) is 0 Å². The molecule has 3 fully saturated rings. The number of carbonyl (C=O) groups excluding carboxylic acids is 1. The predicted octanol–water partition coefficient (Wildman–Crippen LogP) is 3.26. The fraction of sp³-hybridized carbons (Fsp3) is 0.533. The van der Waals surface area contributed by atoms with E-state index in [1.807, 2.05) is 18.2 Å². The van der Waals surface area contributed by atoms with Crippen molar-refractivity contribution in [1.82, 2.24) is 0 Å². The number of halogens is 1. The first-order valence-corrected chi connectivity index (χ1v) is 7.80. The Balaban J connectivity index is 1.48. The minimum atomic E-state index is 0.206. The molecule has 3 aliphatic carbocycles. The summed E-state index contributed by atoms with van der Waals surface area (Å²) in [7, 11) is 0. The zero-order valence-corrected chi connectivity index (χ0v) is 12.2. The molecule has 0 heterocycles.